The molecule has 2 aliphatic rings. The van der Waals surface area contributed by atoms with E-state index in [0.29, 0.717) is 19.1 Å². The molecule has 2 aromatic rings. The monoisotopic (exact) mass is 384 g/mol. The summed E-state index contributed by atoms with van der Waals surface area (Å²) in [4.78, 5) is 15.0. The molecule has 1 aromatic carbocycles. The molecule has 0 radical (unpaired) electrons. The molecular weight excluding hydrogens is 356 g/mol. The highest BCUT2D eigenvalue weighted by Gasteiger charge is 2.27. The van der Waals surface area contributed by atoms with E-state index in [-0.39, 0.29) is 11.8 Å². The molecule has 0 saturated carbocycles. The first-order valence-corrected chi connectivity index (χ1v) is 10.0. The maximum Gasteiger partial charge on any atom is 0.223 e. The van der Waals surface area contributed by atoms with Gasteiger partial charge in [0.2, 0.25) is 5.91 Å². The Hall–Kier alpha value is -2.47. The van der Waals surface area contributed by atoms with Gasteiger partial charge in [0.05, 0.1) is 26.5 Å². The van der Waals surface area contributed by atoms with Crippen LogP contribution in [0, 0.1) is 11.8 Å². The summed E-state index contributed by atoms with van der Waals surface area (Å²) in [6, 6.07) is 9.88. The molecule has 150 valence electrons. The van der Waals surface area contributed by atoms with Crippen molar-refractivity contribution in [2.24, 2.45) is 11.8 Å². The summed E-state index contributed by atoms with van der Waals surface area (Å²) in [7, 11) is 1.66. The van der Waals surface area contributed by atoms with Crippen LogP contribution in [0.3, 0.4) is 0 Å². The highest BCUT2D eigenvalue weighted by atomic mass is 16.5. The maximum absolute atomic E-state index is 12.6. The summed E-state index contributed by atoms with van der Waals surface area (Å²) in [5.41, 5.74) is 1.15. The highest BCUT2D eigenvalue weighted by Crippen LogP contribution is 2.35. The fraction of sp³-hybridized carbons (Fsp3) is 0.500. The number of ether oxygens (including phenoxy) is 2. The third-order valence-electron chi connectivity index (χ3n) is 5.74. The minimum Gasteiger partial charge on any atom is -0.493 e. The molecule has 0 bridgehead atoms. The Balaban J connectivity index is 1.22. The second-order valence-electron chi connectivity index (χ2n) is 7.70. The predicted molar refractivity (Wildman–Crippen MR) is 105 cm³/mol. The van der Waals surface area contributed by atoms with Crippen molar-refractivity contribution >= 4 is 5.91 Å². The number of piperidine rings is 1. The molecule has 6 heteroatoms. The lowest BCUT2D eigenvalue weighted by molar-refractivity contribution is -0.126. The van der Waals surface area contributed by atoms with Gasteiger partial charge in [0.25, 0.3) is 0 Å². The third-order valence-corrected chi connectivity index (χ3v) is 5.74. The zero-order chi connectivity index (χ0) is 19.3. The number of para-hydroxylation sites is 1. The zero-order valence-corrected chi connectivity index (χ0v) is 16.4. The Morgan fingerprint density at radius 1 is 1.25 bits per heavy atom. The maximum atomic E-state index is 12.6. The van der Waals surface area contributed by atoms with Gasteiger partial charge in [-0.2, -0.15) is 0 Å². The van der Waals surface area contributed by atoms with Gasteiger partial charge >= 0.3 is 0 Å². The number of rotatable bonds is 6. The molecule has 0 spiro atoms. The molecular formula is C22H28N2O4. The van der Waals surface area contributed by atoms with E-state index in [2.05, 4.69) is 16.3 Å². The van der Waals surface area contributed by atoms with Crippen molar-refractivity contribution in [3.05, 3.63) is 47.9 Å². The summed E-state index contributed by atoms with van der Waals surface area (Å²) in [6.07, 6.45) is 4.40. The van der Waals surface area contributed by atoms with E-state index in [1.165, 1.54) is 0 Å². The second-order valence-corrected chi connectivity index (χ2v) is 7.70. The lowest BCUT2D eigenvalue weighted by atomic mass is 9.94. The highest BCUT2D eigenvalue weighted by molar-refractivity contribution is 5.78. The van der Waals surface area contributed by atoms with Gasteiger partial charge in [-0.1, -0.05) is 12.1 Å². The fourth-order valence-electron chi connectivity index (χ4n) is 4.11. The van der Waals surface area contributed by atoms with E-state index in [9.17, 15) is 4.79 Å². The summed E-state index contributed by atoms with van der Waals surface area (Å²) in [6.45, 7) is 3.94. The van der Waals surface area contributed by atoms with Gasteiger partial charge in [0.1, 0.15) is 5.76 Å². The number of nitrogens with zero attached hydrogens (tertiary/aromatic N) is 1. The number of carbonyl (C=O) groups is 1. The molecule has 1 aromatic heterocycles. The van der Waals surface area contributed by atoms with Crippen LogP contribution in [0.4, 0.5) is 0 Å². The molecule has 6 nitrogen and oxygen atoms in total. The standard InChI is InChI=1S/C22H28N2O4/c1-26-20-6-2-4-18-12-16(15-28-21(18)20)13-23-22(25)17-7-9-24(10-8-17)14-19-5-3-11-27-19/h2-6,11,16-17H,7-10,12-15H2,1H3,(H,23,25). The molecule has 0 aliphatic carbocycles. The van der Waals surface area contributed by atoms with Gasteiger partial charge in [0.15, 0.2) is 11.5 Å². The van der Waals surface area contributed by atoms with E-state index in [1.807, 2.05) is 24.3 Å². The number of hydrogen-bond donors (Lipinski definition) is 1. The first-order chi connectivity index (χ1) is 13.7. The lowest BCUT2D eigenvalue weighted by Crippen LogP contribution is -2.42. The Kier molecular flexibility index (Phi) is 5.86. The van der Waals surface area contributed by atoms with E-state index in [1.54, 1.807) is 13.4 Å². The van der Waals surface area contributed by atoms with Crippen molar-refractivity contribution in [2.45, 2.75) is 25.8 Å². The van der Waals surface area contributed by atoms with Gasteiger partial charge in [-0.3, -0.25) is 9.69 Å². The van der Waals surface area contributed by atoms with Gasteiger partial charge in [-0.25, -0.2) is 0 Å². The number of methoxy groups -OCH3 is 1. The molecule has 1 amide bonds. The Morgan fingerprint density at radius 3 is 2.86 bits per heavy atom. The second kappa shape index (κ2) is 8.69. The quantitative estimate of drug-likeness (QED) is 0.830. The minimum absolute atomic E-state index is 0.102. The third kappa shape index (κ3) is 4.33. The summed E-state index contributed by atoms with van der Waals surface area (Å²) < 4.78 is 16.7. The van der Waals surface area contributed by atoms with E-state index in [4.69, 9.17) is 13.9 Å². The molecule has 1 N–H and O–H groups in total. The molecule has 28 heavy (non-hydrogen) atoms. The fourth-order valence-corrected chi connectivity index (χ4v) is 4.11. The number of furan rings is 1. The average Bonchev–Trinajstić information content (AvgIpc) is 3.25. The molecule has 3 heterocycles. The number of amides is 1. The van der Waals surface area contributed by atoms with Crippen LogP contribution < -0.4 is 14.8 Å². The van der Waals surface area contributed by atoms with Crippen molar-refractivity contribution in [1.29, 1.82) is 0 Å². The topological polar surface area (TPSA) is 63.9 Å². The van der Waals surface area contributed by atoms with Crippen LogP contribution >= 0.6 is 0 Å². The number of carbonyl (C=O) groups excluding carboxylic acids is 1. The first kappa shape index (κ1) is 18.9. The Bertz CT molecular complexity index is 782. The average molecular weight is 384 g/mol. The number of likely N-dealkylation sites (tertiary alicyclic amines) is 1. The van der Waals surface area contributed by atoms with Crippen LogP contribution in [0.2, 0.25) is 0 Å². The van der Waals surface area contributed by atoms with Crippen LogP contribution in [0.5, 0.6) is 11.5 Å². The zero-order valence-electron chi connectivity index (χ0n) is 16.4. The van der Waals surface area contributed by atoms with Gasteiger partial charge < -0.3 is 19.2 Å². The summed E-state index contributed by atoms with van der Waals surface area (Å²) in [5.74, 6) is 3.18. The summed E-state index contributed by atoms with van der Waals surface area (Å²) >= 11 is 0. The van der Waals surface area contributed by atoms with Crippen molar-refractivity contribution in [3.8, 4) is 11.5 Å². The SMILES string of the molecule is COc1cccc2c1OCC(CNC(=O)C1CCN(Cc3ccco3)CC1)C2. The lowest BCUT2D eigenvalue weighted by Gasteiger charge is -2.31. The minimum atomic E-state index is 0.102. The van der Waals surface area contributed by atoms with Crippen LogP contribution in [-0.4, -0.2) is 44.2 Å². The van der Waals surface area contributed by atoms with E-state index in [0.717, 1.165) is 61.7 Å². The Labute approximate surface area is 165 Å². The summed E-state index contributed by atoms with van der Waals surface area (Å²) in [5, 5.41) is 3.15. The molecule has 1 atom stereocenters. The molecule has 1 fully saturated rings. The van der Waals surface area contributed by atoms with Gasteiger partial charge in [0, 0.05) is 18.4 Å². The number of fused-ring (bicyclic) bond motifs is 1. The van der Waals surface area contributed by atoms with Crippen molar-refractivity contribution in [3.63, 3.8) is 0 Å². The molecule has 2 aliphatic heterocycles. The van der Waals surface area contributed by atoms with Crippen molar-refractivity contribution in [2.75, 3.05) is 33.4 Å². The smallest absolute Gasteiger partial charge is 0.223 e. The Morgan fingerprint density at radius 2 is 2.11 bits per heavy atom. The van der Waals surface area contributed by atoms with Crippen LogP contribution in [-0.2, 0) is 17.8 Å². The van der Waals surface area contributed by atoms with Crippen LogP contribution in [0.1, 0.15) is 24.2 Å². The van der Waals surface area contributed by atoms with E-state index >= 15 is 0 Å². The number of hydrogen-bond acceptors (Lipinski definition) is 5. The molecule has 4 rings (SSSR count). The molecule has 1 saturated heterocycles. The molecule has 1 unspecified atom stereocenters. The largest absolute Gasteiger partial charge is 0.493 e. The van der Waals surface area contributed by atoms with E-state index < -0.39 is 0 Å². The van der Waals surface area contributed by atoms with Crippen LogP contribution in [0.25, 0.3) is 0 Å². The first-order valence-electron chi connectivity index (χ1n) is 10.0. The van der Waals surface area contributed by atoms with Gasteiger partial charge in [-0.05, 0) is 56.1 Å². The van der Waals surface area contributed by atoms with Crippen LogP contribution in [0.15, 0.2) is 41.0 Å². The predicted octanol–water partition coefficient (Wildman–Crippen LogP) is 2.87. The van der Waals surface area contributed by atoms with Gasteiger partial charge in [-0.15, -0.1) is 0 Å². The number of benzene rings is 1. The van der Waals surface area contributed by atoms with Crippen molar-refractivity contribution < 1.29 is 18.7 Å². The normalized spacial score (nSPS) is 20.2. The van der Waals surface area contributed by atoms with Crippen molar-refractivity contribution in [1.82, 2.24) is 10.2 Å². The number of nitrogens with one attached hydrogen (secondary N) is 1.